The predicted octanol–water partition coefficient (Wildman–Crippen LogP) is 3.73. The number of nitrogens with zero attached hydrogens (tertiary/aromatic N) is 2. The van der Waals surface area contributed by atoms with Crippen molar-refractivity contribution in [3.63, 3.8) is 0 Å². The van der Waals surface area contributed by atoms with Crippen LogP contribution in [0.4, 0.5) is 11.5 Å². The number of benzene rings is 2. The Morgan fingerprint density at radius 1 is 1.14 bits per heavy atom. The SMILES string of the molecule is O=C(O)c1cccc2ncnc(Nc3cccc(Cl)c3)c12. The molecular formula is C15H10ClN3O2. The second-order valence-electron chi connectivity index (χ2n) is 4.36. The molecule has 6 heteroatoms. The predicted molar refractivity (Wildman–Crippen MR) is 81.2 cm³/mol. The maximum Gasteiger partial charge on any atom is 0.336 e. The number of nitrogens with one attached hydrogen (secondary N) is 1. The van der Waals surface area contributed by atoms with E-state index in [1.165, 1.54) is 12.4 Å². The fraction of sp³-hybridized carbons (Fsp3) is 0. The standard InChI is InChI=1S/C15H10ClN3O2/c16-9-3-1-4-10(7-9)19-14-13-11(15(20)21)5-2-6-12(13)17-8-18-14/h1-8H,(H,20,21)(H,17,18,19). The largest absolute Gasteiger partial charge is 0.478 e. The van der Waals surface area contributed by atoms with Gasteiger partial charge < -0.3 is 10.4 Å². The zero-order valence-electron chi connectivity index (χ0n) is 10.7. The summed E-state index contributed by atoms with van der Waals surface area (Å²) >= 11 is 5.94. The van der Waals surface area contributed by atoms with Gasteiger partial charge in [-0.25, -0.2) is 14.8 Å². The summed E-state index contributed by atoms with van der Waals surface area (Å²) in [6.45, 7) is 0. The topological polar surface area (TPSA) is 75.1 Å². The van der Waals surface area contributed by atoms with Gasteiger partial charge in [0.15, 0.2) is 0 Å². The van der Waals surface area contributed by atoms with Crippen LogP contribution in [0.2, 0.25) is 5.02 Å². The average molecular weight is 300 g/mol. The summed E-state index contributed by atoms with van der Waals surface area (Å²) in [5.74, 6) is -0.593. The fourth-order valence-electron chi connectivity index (χ4n) is 2.09. The van der Waals surface area contributed by atoms with Crippen LogP contribution in [0.25, 0.3) is 10.9 Å². The van der Waals surface area contributed by atoms with E-state index in [0.29, 0.717) is 21.7 Å². The molecule has 0 fully saturated rings. The van der Waals surface area contributed by atoms with Crippen LogP contribution in [0.5, 0.6) is 0 Å². The van der Waals surface area contributed by atoms with Gasteiger partial charge in [0.05, 0.1) is 16.5 Å². The smallest absolute Gasteiger partial charge is 0.336 e. The van der Waals surface area contributed by atoms with E-state index in [9.17, 15) is 9.90 Å². The summed E-state index contributed by atoms with van der Waals surface area (Å²) in [5.41, 5.74) is 1.44. The second kappa shape index (κ2) is 5.38. The zero-order valence-corrected chi connectivity index (χ0v) is 11.5. The Balaban J connectivity index is 2.16. The number of fused-ring (bicyclic) bond motifs is 1. The molecule has 21 heavy (non-hydrogen) atoms. The van der Waals surface area contributed by atoms with Gasteiger partial charge in [-0.15, -0.1) is 0 Å². The molecule has 0 saturated carbocycles. The average Bonchev–Trinajstić information content (AvgIpc) is 2.47. The van der Waals surface area contributed by atoms with E-state index in [1.54, 1.807) is 30.3 Å². The molecule has 0 aliphatic rings. The van der Waals surface area contributed by atoms with E-state index in [4.69, 9.17) is 11.6 Å². The number of aromatic carboxylic acids is 1. The van der Waals surface area contributed by atoms with Crippen molar-refractivity contribution in [3.8, 4) is 0 Å². The molecule has 0 saturated heterocycles. The van der Waals surface area contributed by atoms with Crippen LogP contribution in [0, 0.1) is 0 Å². The molecule has 0 radical (unpaired) electrons. The van der Waals surface area contributed by atoms with Crippen LogP contribution in [-0.4, -0.2) is 21.0 Å². The molecule has 0 atom stereocenters. The Morgan fingerprint density at radius 2 is 1.95 bits per heavy atom. The molecule has 1 heterocycles. The lowest BCUT2D eigenvalue weighted by molar-refractivity contribution is 0.0699. The van der Waals surface area contributed by atoms with Crippen molar-refractivity contribution >= 4 is 40.0 Å². The normalized spacial score (nSPS) is 10.5. The number of rotatable bonds is 3. The summed E-state index contributed by atoms with van der Waals surface area (Å²) in [6.07, 6.45) is 1.39. The Hall–Kier alpha value is -2.66. The maximum atomic E-state index is 11.4. The highest BCUT2D eigenvalue weighted by atomic mass is 35.5. The minimum absolute atomic E-state index is 0.151. The fourth-order valence-corrected chi connectivity index (χ4v) is 2.28. The third kappa shape index (κ3) is 2.64. The second-order valence-corrected chi connectivity index (χ2v) is 4.80. The molecule has 104 valence electrons. The number of carboxylic acid groups (broad SMARTS) is 1. The molecule has 2 aromatic carbocycles. The first-order valence-corrected chi connectivity index (χ1v) is 6.52. The number of carbonyl (C=O) groups is 1. The van der Waals surface area contributed by atoms with E-state index in [2.05, 4.69) is 15.3 Å². The molecule has 5 nitrogen and oxygen atoms in total. The summed E-state index contributed by atoms with van der Waals surface area (Å²) < 4.78 is 0. The number of hydrogen-bond donors (Lipinski definition) is 2. The van der Waals surface area contributed by atoms with Gasteiger partial charge in [-0.1, -0.05) is 23.7 Å². The van der Waals surface area contributed by atoms with Crippen LogP contribution >= 0.6 is 11.6 Å². The molecule has 2 N–H and O–H groups in total. The third-order valence-corrected chi connectivity index (χ3v) is 3.22. The van der Waals surface area contributed by atoms with E-state index in [0.717, 1.165) is 5.69 Å². The zero-order chi connectivity index (χ0) is 14.8. The molecule has 0 aliphatic carbocycles. The van der Waals surface area contributed by atoms with E-state index >= 15 is 0 Å². The molecule has 0 amide bonds. The molecule has 3 rings (SSSR count). The quantitative estimate of drug-likeness (QED) is 0.771. The minimum Gasteiger partial charge on any atom is -0.478 e. The number of anilines is 2. The lowest BCUT2D eigenvalue weighted by Crippen LogP contribution is -2.02. The summed E-state index contributed by atoms with van der Waals surface area (Å²) in [4.78, 5) is 19.6. The molecule has 0 aliphatic heterocycles. The molecule has 0 bridgehead atoms. The summed E-state index contributed by atoms with van der Waals surface area (Å²) in [7, 11) is 0. The van der Waals surface area contributed by atoms with Crippen LogP contribution in [0.15, 0.2) is 48.8 Å². The van der Waals surface area contributed by atoms with Gasteiger partial charge in [0, 0.05) is 10.7 Å². The Bertz CT molecular complexity index is 831. The first kappa shape index (κ1) is 13.3. The Kier molecular flexibility index (Phi) is 3.41. The van der Waals surface area contributed by atoms with Gasteiger partial charge in [-0.05, 0) is 30.3 Å². The highest BCUT2D eigenvalue weighted by molar-refractivity contribution is 6.30. The van der Waals surface area contributed by atoms with Gasteiger partial charge in [0.25, 0.3) is 0 Å². The lowest BCUT2D eigenvalue weighted by atomic mass is 10.1. The highest BCUT2D eigenvalue weighted by Gasteiger charge is 2.13. The van der Waals surface area contributed by atoms with E-state index in [-0.39, 0.29) is 5.56 Å². The summed E-state index contributed by atoms with van der Waals surface area (Å²) in [6, 6.07) is 12.0. The van der Waals surface area contributed by atoms with Crippen molar-refractivity contribution in [2.75, 3.05) is 5.32 Å². The van der Waals surface area contributed by atoms with Gasteiger partial charge in [0.2, 0.25) is 0 Å². The third-order valence-electron chi connectivity index (χ3n) is 2.98. The maximum absolute atomic E-state index is 11.4. The van der Waals surface area contributed by atoms with Crippen molar-refractivity contribution in [1.29, 1.82) is 0 Å². The number of carboxylic acids is 1. The van der Waals surface area contributed by atoms with Crippen LogP contribution in [0.1, 0.15) is 10.4 Å². The van der Waals surface area contributed by atoms with Crippen LogP contribution in [-0.2, 0) is 0 Å². The molecule has 3 aromatic rings. The van der Waals surface area contributed by atoms with Crippen molar-refractivity contribution in [2.24, 2.45) is 0 Å². The molecule has 1 aromatic heterocycles. The van der Waals surface area contributed by atoms with Gasteiger partial charge in [-0.2, -0.15) is 0 Å². The molecule has 0 unspecified atom stereocenters. The summed E-state index contributed by atoms with van der Waals surface area (Å²) in [5, 5.41) is 13.4. The Morgan fingerprint density at radius 3 is 2.71 bits per heavy atom. The van der Waals surface area contributed by atoms with E-state index < -0.39 is 5.97 Å². The van der Waals surface area contributed by atoms with Crippen molar-refractivity contribution in [1.82, 2.24) is 9.97 Å². The van der Waals surface area contributed by atoms with Crippen molar-refractivity contribution in [2.45, 2.75) is 0 Å². The van der Waals surface area contributed by atoms with Gasteiger partial charge >= 0.3 is 5.97 Å². The first-order chi connectivity index (χ1) is 10.1. The number of halogens is 1. The lowest BCUT2D eigenvalue weighted by Gasteiger charge is -2.10. The Labute approximate surface area is 125 Å². The van der Waals surface area contributed by atoms with Crippen LogP contribution < -0.4 is 5.32 Å². The van der Waals surface area contributed by atoms with Gasteiger partial charge in [0.1, 0.15) is 12.1 Å². The van der Waals surface area contributed by atoms with Crippen LogP contribution in [0.3, 0.4) is 0 Å². The minimum atomic E-state index is -1.02. The highest BCUT2D eigenvalue weighted by Crippen LogP contribution is 2.27. The molecular weight excluding hydrogens is 290 g/mol. The van der Waals surface area contributed by atoms with E-state index in [1.807, 2.05) is 6.07 Å². The van der Waals surface area contributed by atoms with Gasteiger partial charge in [-0.3, -0.25) is 0 Å². The molecule has 0 spiro atoms. The number of aromatic nitrogens is 2. The monoisotopic (exact) mass is 299 g/mol. The first-order valence-electron chi connectivity index (χ1n) is 6.15. The van der Waals surface area contributed by atoms with Crippen molar-refractivity contribution < 1.29 is 9.90 Å². The number of hydrogen-bond acceptors (Lipinski definition) is 4. The van der Waals surface area contributed by atoms with Crippen molar-refractivity contribution in [3.05, 3.63) is 59.4 Å².